The van der Waals surface area contributed by atoms with Gasteiger partial charge in [0.15, 0.2) is 0 Å². The van der Waals surface area contributed by atoms with Gasteiger partial charge in [0.1, 0.15) is 21.9 Å². The van der Waals surface area contributed by atoms with Crippen molar-refractivity contribution in [3.05, 3.63) is 46.6 Å². The van der Waals surface area contributed by atoms with Crippen LogP contribution in [0.2, 0.25) is 0 Å². The van der Waals surface area contributed by atoms with E-state index in [1.165, 1.54) is 28.6 Å². The molecule has 27 heavy (non-hydrogen) atoms. The molecule has 4 rings (SSSR count). The van der Waals surface area contributed by atoms with Gasteiger partial charge in [0.2, 0.25) is 5.91 Å². The van der Waals surface area contributed by atoms with E-state index in [1.54, 1.807) is 24.8 Å². The summed E-state index contributed by atoms with van der Waals surface area (Å²) in [5.74, 6) is 0.819. The van der Waals surface area contributed by atoms with Crippen molar-refractivity contribution in [1.29, 1.82) is 0 Å². The van der Waals surface area contributed by atoms with Crippen LogP contribution in [0.1, 0.15) is 29.3 Å². The molecular weight excluding hydrogens is 378 g/mol. The van der Waals surface area contributed by atoms with Crippen LogP contribution >= 0.6 is 23.1 Å². The highest BCUT2D eigenvalue weighted by Crippen LogP contribution is 2.40. The lowest BCUT2D eigenvalue weighted by molar-refractivity contribution is -0.120. The monoisotopic (exact) mass is 399 g/mol. The van der Waals surface area contributed by atoms with Gasteiger partial charge in [-0.05, 0) is 49.4 Å². The number of amides is 1. The topological polar surface area (TPSA) is 64.1 Å². The summed E-state index contributed by atoms with van der Waals surface area (Å²) >= 11 is 3.29. The van der Waals surface area contributed by atoms with Crippen molar-refractivity contribution in [2.75, 3.05) is 7.11 Å². The number of nitrogens with zero attached hydrogens (tertiary/aromatic N) is 2. The number of ether oxygens (including phenoxy) is 1. The zero-order chi connectivity index (χ0) is 18.8. The molecular formula is C20H21N3O2S2. The number of hydrogen-bond acceptors (Lipinski definition) is 6. The molecule has 140 valence electrons. The SMILES string of the molecule is COc1ccc(CNC(=O)C(C)Sc2ncnc3sc4c(c23)CCC4)cc1. The molecule has 0 bridgehead atoms. The van der Waals surface area contributed by atoms with Gasteiger partial charge < -0.3 is 10.1 Å². The molecule has 0 spiro atoms. The van der Waals surface area contributed by atoms with Crippen molar-refractivity contribution >= 4 is 39.2 Å². The summed E-state index contributed by atoms with van der Waals surface area (Å²) in [5, 5.41) is 4.87. The van der Waals surface area contributed by atoms with Gasteiger partial charge in [-0.25, -0.2) is 9.97 Å². The number of methoxy groups -OCH3 is 1. The molecule has 1 unspecified atom stereocenters. The maximum atomic E-state index is 12.6. The second-order valence-electron chi connectivity index (χ2n) is 6.54. The molecule has 1 N–H and O–H groups in total. The molecule has 1 aliphatic rings. The number of aryl methyl sites for hydroxylation is 2. The van der Waals surface area contributed by atoms with Crippen LogP contribution in [0.15, 0.2) is 35.6 Å². The van der Waals surface area contributed by atoms with Crippen molar-refractivity contribution in [3.8, 4) is 5.75 Å². The van der Waals surface area contributed by atoms with Crippen LogP contribution in [0.3, 0.4) is 0 Å². The molecule has 0 radical (unpaired) electrons. The summed E-state index contributed by atoms with van der Waals surface area (Å²) in [6.07, 6.45) is 5.04. The molecule has 1 amide bonds. The number of hydrogen-bond donors (Lipinski definition) is 1. The van der Waals surface area contributed by atoms with E-state index in [2.05, 4.69) is 15.3 Å². The van der Waals surface area contributed by atoms with Gasteiger partial charge in [0.25, 0.3) is 0 Å². The molecule has 2 aromatic heterocycles. The number of aromatic nitrogens is 2. The van der Waals surface area contributed by atoms with Crippen LogP contribution in [0.5, 0.6) is 5.75 Å². The molecule has 1 aliphatic carbocycles. The molecule has 5 nitrogen and oxygen atoms in total. The third-order valence-electron chi connectivity index (χ3n) is 4.75. The molecule has 0 fully saturated rings. The smallest absolute Gasteiger partial charge is 0.233 e. The minimum Gasteiger partial charge on any atom is -0.497 e. The number of thioether (sulfide) groups is 1. The number of carbonyl (C=O) groups is 1. The van der Waals surface area contributed by atoms with E-state index < -0.39 is 0 Å². The minimum atomic E-state index is -0.224. The Morgan fingerprint density at radius 3 is 2.89 bits per heavy atom. The molecule has 1 aromatic carbocycles. The van der Waals surface area contributed by atoms with E-state index in [4.69, 9.17) is 4.74 Å². The van der Waals surface area contributed by atoms with Crippen molar-refractivity contribution < 1.29 is 9.53 Å². The Kier molecular flexibility index (Phi) is 5.31. The molecule has 0 saturated heterocycles. The highest BCUT2D eigenvalue weighted by Gasteiger charge is 2.23. The van der Waals surface area contributed by atoms with Gasteiger partial charge in [-0.1, -0.05) is 23.9 Å². The standard InChI is InChI=1S/C20H21N3O2S2/c1-12(18(24)21-10-13-6-8-14(25-2)9-7-13)26-19-17-15-4-3-5-16(15)27-20(17)23-11-22-19/h6-9,11-12H,3-5,10H2,1-2H3,(H,21,24). The fraction of sp³-hybridized carbons (Fsp3) is 0.350. The number of nitrogens with one attached hydrogen (secondary N) is 1. The Hall–Kier alpha value is -2.12. The summed E-state index contributed by atoms with van der Waals surface area (Å²) in [6.45, 7) is 2.43. The van der Waals surface area contributed by atoms with Gasteiger partial charge in [-0.3, -0.25) is 4.79 Å². The third kappa shape index (κ3) is 3.80. The first-order valence-corrected chi connectivity index (χ1v) is 10.7. The molecule has 0 aliphatic heterocycles. The molecule has 0 saturated carbocycles. The van der Waals surface area contributed by atoms with Crippen molar-refractivity contribution in [2.45, 2.75) is 43.0 Å². The molecule has 2 heterocycles. The third-order valence-corrected chi connectivity index (χ3v) is 7.05. The van der Waals surface area contributed by atoms with Crippen LogP contribution in [-0.2, 0) is 24.2 Å². The summed E-state index contributed by atoms with van der Waals surface area (Å²) in [4.78, 5) is 23.9. The van der Waals surface area contributed by atoms with E-state index in [0.29, 0.717) is 6.54 Å². The average molecular weight is 400 g/mol. The van der Waals surface area contributed by atoms with Crippen LogP contribution in [0, 0.1) is 0 Å². The highest BCUT2D eigenvalue weighted by atomic mass is 32.2. The average Bonchev–Trinajstić information content (AvgIpc) is 3.27. The van der Waals surface area contributed by atoms with E-state index >= 15 is 0 Å². The van der Waals surface area contributed by atoms with E-state index in [1.807, 2.05) is 31.2 Å². The quantitative estimate of drug-likeness (QED) is 0.502. The lowest BCUT2D eigenvalue weighted by atomic mass is 10.2. The first-order valence-electron chi connectivity index (χ1n) is 8.98. The predicted molar refractivity (Wildman–Crippen MR) is 110 cm³/mol. The lowest BCUT2D eigenvalue weighted by Crippen LogP contribution is -2.30. The van der Waals surface area contributed by atoms with Gasteiger partial charge in [-0.15, -0.1) is 11.3 Å². The first kappa shape index (κ1) is 18.3. The Balaban J connectivity index is 1.43. The van der Waals surface area contributed by atoms with Crippen LogP contribution in [0.4, 0.5) is 0 Å². The van der Waals surface area contributed by atoms with E-state index in [0.717, 1.165) is 39.4 Å². The Bertz CT molecular complexity index is 969. The first-order chi connectivity index (χ1) is 13.2. The lowest BCUT2D eigenvalue weighted by Gasteiger charge is -2.12. The fourth-order valence-corrected chi connectivity index (χ4v) is 5.55. The Morgan fingerprint density at radius 1 is 1.30 bits per heavy atom. The fourth-order valence-electron chi connectivity index (χ4n) is 3.29. The maximum absolute atomic E-state index is 12.6. The highest BCUT2D eigenvalue weighted by molar-refractivity contribution is 8.00. The van der Waals surface area contributed by atoms with Gasteiger partial charge in [0, 0.05) is 16.8 Å². The number of rotatable bonds is 6. The maximum Gasteiger partial charge on any atom is 0.233 e. The van der Waals surface area contributed by atoms with E-state index in [9.17, 15) is 4.79 Å². The second kappa shape index (κ2) is 7.86. The zero-order valence-corrected chi connectivity index (χ0v) is 17.0. The largest absolute Gasteiger partial charge is 0.497 e. The van der Waals surface area contributed by atoms with Crippen LogP contribution in [0.25, 0.3) is 10.2 Å². The number of benzene rings is 1. The minimum absolute atomic E-state index is 0.00875. The summed E-state index contributed by atoms with van der Waals surface area (Å²) < 4.78 is 5.16. The van der Waals surface area contributed by atoms with Crippen LogP contribution < -0.4 is 10.1 Å². The Labute approximate surface area is 166 Å². The summed E-state index contributed by atoms with van der Waals surface area (Å²) in [5.41, 5.74) is 2.44. The van der Waals surface area contributed by atoms with Crippen molar-refractivity contribution in [3.63, 3.8) is 0 Å². The predicted octanol–water partition coefficient (Wildman–Crippen LogP) is 3.99. The summed E-state index contributed by atoms with van der Waals surface area (Å²) in [7, 11) is 1.64. The Morgan fingerprint density at radius 2 is 2.11 bits per heavy atom. The van der Waals surface area contributed by atoms with Crippen molar-refractivity contribution in [2.24, 2.45) is 0 Å². The van der Waals surface area contributed by atoms with E-state index in [-0.39, 0.29) is 11.2 Å². The van der Waals surface area contributed by atoms with Crippen molar-refractivity contribution in [1.82, 2.24) is 15.3 Å². The summed E-state index contributed by atoms with van der Waals surface area (Å²) in [6, 6.07) is 7.71. The normalized spacial score (nSPS) is 14.1. The van der Waals surface area contributed by atoms with Crippen LogP contribution in [-0.4, -0.2) is 28.2 Å². The van der Waals surface area contributed by atoms with Gasteiger partial charge in [0.05, 0.1) is 12.4 Å². The molecule has 3 aromatic rings. The number of fused-ring (bicyclic) bond motifs is 3. The number of carbonyl (C=O) groups excluding carboxylic acids is 1. The van der Waals surface area contributed by atoms with Gasteiger partial charge in [-0.2, -0.15) is 0 Å². The number of thiophene rings is 1. The van der Waals surface area contributed by atoms with Gasteiger partial charge >= 0.3 is 0 Å². The zero-order valence-electron chi connectivity index (χ0n) is 15.3. The molecule has 7 heteroatoms. The molecule has 1 atom stereocenters. The second-order valence-corrected chi connectivity index (χ2v) is 8.96.